The standard InChI is InChI=1S/C9H11N.H2N3/c1-2-4-9-7-10-6-5-8(9)3-1;1-3-2/h1-4,10H,5-7H2;1-2H/q;+1. The van der Waals surface area contributed by atoms with E-state index in [1.165, 1.54) is 17.5 Å². The summed E-state index contributed by atoms with van der Waals surface area (Å²) in [6.45, 7) is 2.19. The molecule has 0 aliphatic carbocycles. The molecular weight excluding hydrogens is 164 g/mol. The summed E-state index contributed by atoms with van der Waals surface area (Å²) in [5.41, 5.74) is 14.0. The van der Waals surface area contributed by atoms with Crippen LogP contribution in [0.1, 0.15) is 11.1 Å². The van der Waals surface area contributed by atoms with Crippen molar-refractivity contribution in [2.24, 2.45) is 0 Å². The van der Waals surface area contributed by atoms with Crippen LogP contribution in [0.3, 0.4) is 0 Å². The Bertz CT molecular complexity index is 277. The lowest BCUT2D eigenvalue weighted by molar-refractivity contribution is 0.644. The van der Waals surface area contributed by atoms with Crippen molar-refractivity contribution in [1.82, 2.24) is 10.2 Å². The van der Waals surface area contributed by atoms with Crippen molar-refractivity contribution in [3.05, 3.63) is 35.4 Å². The Labute approximate surface area is 77.0 Å². The number of hydrogen-bond donors (Lipinski definition) is 3. The highest BCUT2D eigenvalue weighted by Gasteiger charge is 2.05. The van der Waals surface area contributed by atoms with Crippen LogP contribution < -0.4 is 10.2 Å². The SMILES string of the molecule is N=[N+]=N.c1ccc2c(c1)CCNC2. The first-order chi connectivity index (χ1) is 6.38. The molecule has 68 valence electrons. The van der Waals surface area contributed by atoms with Gasteiger partial charge in [0, 0.05) is 6.54 Å². The number of hydrogen-bond acceptors (Lipinski definition) is 3. The fourth-order valence-corrected chi connectivity index (χ4v) is 1.42. The van der Waals surface area contributed by atoms with E-state index in [4.69, 9.17) is 11.1 Å². The lowest BCUT2D eigenvalue weighted by Gasteiger charge is -2.15. The van der Waals surface area contributed by atoms with E-state index < -0.39 is 0 Å². The molecule has 1 aromatic rings. The minimum atomic E-state index is 1.05. The Morgan fingerprint density at radius 3 is 2.38 bits per heavy atom. The van der Waals surface area contributed by atoms with Crippen LogP contribution in [-0.4, -0.2) is 6.54 Å². The molecule has 0 spiro atoms. The highest BCUT2D eigenvalue weighted by molar-refractivity contribution is 5.28. The molecule has 0 atom stereocenters. The maximum Gasteiger partial charge on any atom is 0.211 e. The van der Waals surface area contributed by atoms with Gasteiger partial charge in [-0.05, 0) is 24.1 Å². The largest absolute Gasteiger partial charge is 0.312 e. The molecule has 0 aromatic heterocycles. The van der Waals surface area contributed by atoms with Crippen molar-refractivity contribution in [3.8, 4) is 0 Å². The van der Waals surface area contributed by atoms with Crippen LogP contribution in [0.2, 0.25) is 0 Å². The molecule has 0 amide bonds. The topological polar surface area (TPSA) is 73.8 Å². The van der Waals surface area contributed by atoms with Crippen LogP contribution in [0.25, 0.3) is 0 Å². The van der Waals surface area contributed by atoms with Gasteiger partial charge in [-0.25, -0.2) is 0 Å². The van der Waals surface area contributed by atoms with E-state index >= 15 is 0 Å². The summed E-state index contributed by atoms with van der Waals surface area (Å²) in [6.07, 6.45) is 1.19. The Morgan fingerprint density at radius 2 is 1.77 bits per heavy atom. The van der Waals surface area contributed by atoms with E-state index in [2.05, 4.69) is 29.6 Å². The van der Waals surface area contributed by atoms with Gasteiger partial charge in [-0.15, -0.1) is 0 Å². The normalized spacial score (nSPS) is 13.2. The molecule has 4 nitrogen and oxygen atoms in total. The van der Waals surface area contributed by atoms with Gasteiger partial charge in [0.05, 0.1) is 0 Å². The molecule has 0 saturated heterocycles. The molecule has 0 fully saturated rings. The van der Waals surface area contributed by atoms with Crippen LogP contribution in [-0.2, 0) is 13.0 Å². The average Bonchev–Trinajstić information content (AvgIpc) is 2.19. The molecule has 13 heavy (non-hydrogen) atoms. The van der Waals surface area contributed by atoms with Crippen LogP contribution in [0.4, 0.5) is 0 Å². The zero-order valence-corrected chi connectivity index (χ0v) is 7.38. The van der Waals surface area contributed by atoms with Gasteiger partial charge in [0.1, 0.15) is 11.1 Å². The van der Waals surface area contributed by atoms with Gasteiger partial charge in [-0.3, -0.25) is 0 Å². The molecule has 4 heteroatoms. The fourth-order valence-electron chi connectivity index (χ4n) is 1.42. The van der Waals surface area contributed by atoms with E-state index in [9.17, 15) is 0 Å². The third kappa shape index (κ3) is 2.78. The van der Waals surface area contributed by atoms with Crippen LogP contribution >= 0.6 is 0 Å². The number of rotatable bonds is 0. The van der Waals surface area contributed by atoms with Gasteiger partial charge in [0.25, 0.3) is 0 Å². The van der Waals surface area contributed by atoms with Gasteiger partial charge in [0.15, 0.2) is 0 Å². The zero-order valence-electron chi connectivity index (χ0n) is 7.38. The predicted octanol–water partition coefficient (Wildman–Crippen LogP) is 1.45. The Kier molecular flexibility index (Phi) is 3.82. The van der Waals surface area contributed by atoms with E-state index in [0.717, 1.165) is 13.1 Å². The summed E-state index contributed by atoms with van der Waals surface area (Å²) in [5.74, 6) is 0. The molecule has 2 rings (SSSR count). The van der Waals surface area contributed by atoms with E-state index in [-0.39, 0.29) is 0 Å². The minimum Gasteiger partial charge on any atom is -0.312 e. The first kappa shape index (κ1) is 9.58. The van der Waals surface area contributed by atoms with Crippen LogP contribution in [0.5, 0.6) is 0 Å². The maximum absolute atomic E-state index is 5.50. The highest BCUT2D eigenvalue weighted by atomic mass is 15.0. The number of nitrogens with zero attached hydrogens (tertiary/aromatic N) is 1. The molecule has 1 aromatic carbocycles. The second-order valence-corrected chi connectivity index (χ2v) is 2.81. The lowest BCUT2D eigenvalue weighted by Crippen LogP contribution is -2.23. The predicted molar refractivity (Wildman–Crippen MR) is 49.4 cm³/mol. The summed E-state index contributed by atoms with van der Waals surface area (Å²) in [5, 5.41) is 3.34. The van der Waals surface area contributed by atoms with Crippen molar-refractivity contribution in [2.45, 2.75) is 13.0 Å². The van der Waals surface area contributed by atoms with Gasteiger partial charge >= 0.3 is 0 Å². The Balaban J connectivity index is 0.000000251. The third-order valence-electron chi connectivity index (χ3n) is 2.00. The lowest BCUT2D eigenvalue weighted by atomic mass is 10.0. The summed E-state index contributed by atoms with van der Waals surface area (Å²) >= 11 is 0. The number of benzene rings is 1. The summed E-state index contributed by atoms with van der Waals surface area (Å²) in [7, 11) is 0. The second-order valence-electron chi connectivity index (χ2n) is 2.81. The smallest absolute Gasteiger partial charge is 0.211 e. The molecule has 3 N–H and O–H groups in total. The Morgan fingerprint density at radius 1 is 1.15 bits per heavy atom. The molecule has 1 aliphatic rings. The van der Waals surface area contributed by atoms with Crippen LogP contribution in [0.15, 0.2) is 24.3 Å². The third-order valence-corrected chi connectivity index (χ3v) is 2.00. The molecular formula is C9H13N4+. The first-order valence-corrected chi connectivity index (χ1v) is 4.19. The molecule has 0 bridgehead atoms. The quantitative estimate of drug-likeness (QED) is 0.407. The van der Waals surface area contributed by atoms with Crippen molar-refractivity contribution < 1.29 is 0 Å². The van der Waals surface area contributed by atoms with E-state index in [1.54, 1.807) is 0 Å². The van der Waals surface area contributed by atoms with Crippen LogP contribution in [0, 0.1) is 11.1 Å². The van der Waals surface area contributed by atoms with E-state index in [0.29, 0.717) is 0 Å². The fraction of sp³-hybridized carbons (Fsp3) is 0.333. The van der Waals surface area contributed by atoms with Gasteiger partial charge in [-0.2, -0.15) is 0 Å². The number of nitrogens with one attached hydrogen (secondary N) is 3. The molecule has 0 radical (unpaired) electrons. The number of fused-ring (bicyclic) bond motifs is 1. The van der Waals surface area contributed by atoms with Crippen molar-refractivity contribution in [2.75, 3.05) is 6.54 Å². The summed E-state index contributed by atoms with van der Waals surface area (Å²) in [6, 6.07) is 8.63. The highest BCUT2D eigenvalue weighted by Crippen LogP contribution is 2.11. The Hall–Kier alpha value is -1.51. The maximum atomic E-state index is 5.50. The summed E-state index contributed by atoms with van der Waals surface area (Å²) in [4.78, 5) is 2.00. The van der Waals surface area contributed by atoms with E-state index in [1.807, 2.05) is 4.91 Å². The van der Waals surface area contributed by atoms with Crippen molar-refractivity contribution in [1.29, 1.82) is 11.1 Å². The summed E-state index contributed by atoms with van der Waals surface area (Å²) < 4.78 is 0. The van der Waals surface area contributed by atoms with Gasteiger partial charge in [-0.1, -0.05) is 24.3 Å². The molecule has 0 unspecified atom stereocenters. The van der Waals surface area contributed by atoms with Gasteiger partial charge < -0.3 is 5.32 Å². The van der Waals surface area contributed by atoms with Crippen molar-refractivity contribution >= 4 is 0 Å². The molecule has 1 aliphatic heterocycles. The molecule has 0 saturated carbocycles. The monoisotopic (exact) mass is 177 g/mol. The molecule has 1 heterocycles. The minimum absolute atomic E-state index is 1.05. The second kappa shape index (κ2) is 5.19. The van der Waals surface area contributed by atoms with Crippen molar-refractivity contribution in [3.63, 3.8) is 0 Å². The first-order valence-electron chi connectivity index (χ1n) is 4.19. The average molecular weight is 177 g/mol. The zero-order chi connectivity index (χ0) is 9.52. The van der Waals surface area contributed by atoms with Gasteiger partial charge in [0.2, 0.25) is 4.91 Å².